The molecule has 0 bridgehead atoms. The minimum atomic E-state index is 0.0463. The normalized spacial score (nSPS) is 10.8. The molecule has 2 N–H and O–H groups in total. The number of Topliss-reactive ketones (excluding diaryl/α,β-unsaturated/α-hetero) is 1. The van der Waals surface area contributed by atoms with Crippen LogP contribution in [0.5, 0.6) is 0 Å². The van der Waals surface area contributed by atoms with Crippen molar-refractivity contribution >= 4 is 5.78 Å². The van der Waals surface area contributed by atoms with Gasteiger partial charge in [-0.2, -0.15) is 0 Å². The number of ether oxygens (including phenoxy) is 2. The van der Waals surface area contributed by atoms with E-state index in [9.17, 15) is 4.79 Å². The molecule has 0 aliphatic heterocycles. The first kappa shape index (κ1) is 12.6. The lowest BCUT2D eigenvalue weighted by Gasteiger charge is -2.05. The topological polar surface area (TPSA) is 61.5 Å². The summed E-state index contributed by atoms with van der Waals surface area (Å²) in [6.07, 6.45) is 0. The molecule has 0 rings (SSSR count). The van der Waals surface area contributed by atoms with Gasteiger partial charge in [0, 0.05) is 12.5 Å². The van der Waals surface area contributed by atoms with Crippen LogP contribution in [0, 0.1) is 5.92 Å². The van der Waals surface area contributed by atoms with E-state index in [0.717, 1.165) is 0 Å². The molecule has 13 heavy (non-hydrogen) atoms. The lowest BCUT2D eigenvalue weighted by molar-refractivity contribution is -0.127. The van der Waals surface area contributed by atoms with E-state index in [4.69, 9.17) is 15.2 Å². The Morgan fingerprint density at radius 2 is 1.85 bits per heavy atom. The molecule has 0 unspecified atom stereocenters. The van der Waals surface area contributed by atoms with E-state index in [0.29, 0.717) is 26.4 Å². The summed E-state index contributed by atoms with van der Waals surface area (Å²) in [4.78, 5) is 11.0. The number of rotatable bonds is 8. The Hall–Kier alpha value is -0.450. The van der Waals surface area contributed by atoms with Crippen molar-refractivity contribution in [2.75, 3.05) is 33.0 Å². The van der Waals surface area contributed by atoms with Crippen molar-refractivity contribution in [2.24, 2.45) is 11.7 Å². The highest BCUT2D eigenvalue weighted by atomic mass is 16.5. The zero-order valence-corrected chi connectivity index (χ0v) is 8.41. The van der Waals surface area contributed by atoms with Crippen molar-refractivity contribution in [3.05, 3.63) is 0 Å². The van der Waals surface area contributed by atoms with E-state index in [1.54, 1.807) is 0 Å². The third-order valence-electron chi connectivity index (χ3n) is 1.52. The molecule has 0 heterocycles. The summed E-state index contributed by atoms with van der Waals surface area (Å²) < 4.78 is 10.2. The van der Waals surface area contributed by atoms with Gasteiger partial charge in [0.05, 0.1) is 19.8 Å². The third-order valence-corrected chi connectivity index (χ3v) is 1.52. The number of carbonyl (C=O) groups is 1. The summed E-state index contributed by atoms with van der Waals surface area (Å²) in [6, 6.07) is 0. The maximum atomic E-state index is 11.0. The monoisotopic (exact) mass is 189 g/mol. The summed E-state index contributed by atoms with van der Waals surface area (Å²) in [6.45, 7) is 5.92. The van der Waals surface area contributed by atoms with Crippen LogP contribution >= 0.6 is 0 Å². The third kappa shape index (κ3) is 7.90. The van der Waals surface area contributed by atoms with Gasteiger partial charge in [0.25, 0.3) is 0 Å². The molecule has 0 radical (unpaired) electrons. The lowest BCUT2D eigenvalue weighted by Crippen LogP contribution is -2.17. The minimum Gasteiger partial charge on any atom is -0.378 e. The molecule has 0 amide bonds. The van der Waals surface area contributed by atoms with Crippen LogP contribution in [0.1, 0.15) is 13.8 Å². The summed E-state index contributed by atoms with van der Waals surface area (Å²) in [5, 5.41) is 0. The van der Waals surface area contributed by atoms with Gasteiger partial charge in [-0.05, 0) is 0 Å². The van der Waals surface area contributed by atoms with E-state index >= 15 is 0 Å². The molecule has 4 nitrogen and oxygen atoms in total. The summed E-state index contributed by atoms with van der Waals surface area (Å²) in [7, 11) is 0. The van der Waals surface area contributed by atoms with Crippen LogP contribution in [-0.2, 0) is 14.3 Å². The summed E-state index contributed by atoms with van der Waals surface area (Å²) in [5.74, 6) is 0.170. The van der Waals surface area contributed by atoms with Gasteiger partial charge in [-0.3, -0.25) is 4.79 Å². The summed E-state index contributed by atoms with van der Waals surface area (Å²) >= 11 is 0. The Morgan fingerprint density at radius 1 is 1.23 bits per heavy atom. The van der Waals surface area contributed by atoms with Crippen molar-refractivity contribution < 1.29 is 14.3 Å². The maximum Gasteiger partial charge on any atom is 0.160 e. The first-order valence-corrected chi connectivity index (χ1v) is 4.56. The molecule has 0 saturated heterocycles. The second-order valence-electron chi connectivity index (χ2n) is 3.07. The van der Waals surface area contributed by atoms with Crippen molar-refractivity contribution in [1.82, 2.24) is 0 Å². The van der Waals surface area contributed by atoms with Gasteiger partial charge in [0.2, 0.25) is 0 Å². The van der Waals surface area contributed by atoms with Crippen LogP contribution in [-0.4, -0.2) is 38.8 Å². The molecular formula is C9H19NO3. The van der Waals surface area contributed by atoms with E-state index in [2.05, 4.69) is 0 Å². The van der Waals surface area contributed by atoms with Crippen LogP contribution in [0.3, 0.4) is 0 Å². The number of hydrogen-bond acceptors (Lipinski definition) is 4. The average molecular weight is 189 g/mol. The van der Waals surface area contributed by atoms with Gasteiger partial charge in [-0.1, -0.05) is 13.8 Å². The fourth-order valence-corrected chi connectivity index (χ4v) is 0.643. The fourth-order valence-electron chi connectivity index (χ4n) is 0.643. The Morgan fingerprint density at radius 3 is 2.38 bits per heavy atom. The van der Waals surface area contributed by atoms with Crippen LogP contribution in [0.4, 0.5) is 0 Å². The van der Waals surface area contributed by atoms with E-state index in [1.807, 2.05) is 13.8 Å². The Kier molecular flexibility index (Phi) is 7.88. The van der Waals surface area contributed by atoms with Crippen molar-refractivity contribution in [2.45, 2.75) is 13.8 Å². The molecule has 0 aromatic rings. The molecule has 78 valence electrons. The van der Waals surface area contributed by atoms with Gasteiger partial charge in [0.1, 0.15) is 6.61 Å². The molecule has 0 aliphatic rings. The Labute approximate surface area is 79.4 Å². The van der Waals surface area contributed by atoms with Crippen LogP contribution in [0.2, 0.25) is 0 Å². The minimum absolute atomic E-state index is 0.0463. The molecule has 0 atom stereocenters. The number of ketones is 1. The molecule has 0 aromatic carbocycles. The van der Waals surface area contributed by atoms with Crippen LogP contribution in [0.15, 0.2) is 0 Å². The number of hydrogen-bond donors (Lipinski definition) is 1. The zero-order chi connectivity index (χ0) is 10.1. The number of nitrogens with two attached hydrogens (primary N) is 1. The molecule has 0 aliphatic carbocycles. The van der Waals surface area contributed by atoms with Gasteiger partial charge < -0.3 is 15.2 Å². The fraction of sp³-hybridized carbons (Fsp3) is 0.889. The maximum absolute atomic E-state index is 11.0. The highest BCUT2D eigenvalue weighted by Gasteiger charge is 2.05. The van der Waals surface area contributed by atoms with Gasteiger partial charge >= 0.3 is 0 Å². The predicted octanol–water partition coefficient (Wildman–Crippen LogP) is 0.203. The van der Waals surface area contributed by atoms with Crippen molar-refractivity contribution in [3.8, 4) is 0 Å². The number of carbonyl (C=O) groups excluding carboxylic acids is 1. The van der Waals surface area contributed by atoms with Crippen LogP contribution in [0.25, 0.3) is 0 Å². The second kappa shape index (κ2) is 8.16. The molecule has 0 spiro atoms. The highest BCUT2D eigenvalue weighted by Crippen LogP contribution is 1.94. The van der Waals surface area contributed by atoms with Crippen molar-refractivity contribution in [1.29, 1.82) is 0 Å². The predicted molar refractivity (Wildman–Crippen MR) is 50.5 cm³/mol. The van der Waals surface area contributed by atoms with Gasteiger partial charge in [0.15, 0.2) is 5.78 Å². The van der Waals surface area contributed by atoms with Gasteiger partial charge in [-0.25, -0.2) is 0 Å². The largest absolute Gasteiger partial charge is 0.378 e. The molecule has 4 heteroatoms. The SMILES string of the molecule is CC(C)C(=O)COCCOCCN. The highest BCUT2D eigenvalue weighted by molar-refractivity contribution is 5.81. The van der Waals surface area contributed by atoms with Crippen LogP contribution < -0.4 is 5.73 Å². The van der Waals surface area contributed by atoms with Crippen molar-refractivity contribution in [3.63, 3.8) is 0 Å². The molecular weight excluding hydrogens is 170 g/mol. The average Bonchev–Trinajstić information content (AvgIpc) is 2.10. The summed E-state index contributed by atoms with van der Waals surface area (Å²) in [5.41, 5.74) is 5.21. The first-order chi connectivity index (χ1) is 6.18. The molecule has 0 aromatic heterocycles. The quantitative estimate of drug-likeness (QED) is 0.554. The Bertz CT molecular complexity index is 137. The first-order valence-electron chi connectivity index (χ1n) is 4.56. The lowest BCUT2D eigenvalue weighted by atomic mass is 10.1. The van der Waals surface area contributed by atoms with E-state index in [-0.39, 0.29) is 18.3 Å². The Balaban J connectivity index is 3.12. The standard InChI is InChI=1S/C9H19NO3/c1-8(2)9(11)7-13-6-5-12-4-3-10/h8H,3-7,10H2,1-2H3. The zero-order valence-electron chi connectivity index (χ0n) is 8.41. The van der Waals surface area contributed by atoms with E-state index in [1.165, 1.54) is 0 Å². The second-order valence-corrected chi connectivity index (χ2v) is 3.07. The molecule has 0 saturated carbocycles. The smallest absolute Gasteiger partial charge is 0.160 e. The van der Waals surface area contributed by atoms with E-state index < -0.39 is 0 Å². The molecule has 0 fully saturated rings. The van der Waals surface area contributed by atoms with Gasteiger partial charge in [-0.15, -0.1) is 0 Å².